The monoisotopic (exact) mass is 566 g/mol. The molecule has 0 radical (unpaired) electrons. The molecule has 2 heteroatoms. The molecule has 1 aliphatic carbocycles. The van der Waals surface area contributed by atoms with E-state index < -0.39 is 5.41 Å². The van der Waals surface area contributed by atoms with Crippen LogP contribution in [0.25, 0.3) is 43.1 Å². The Kier molecular flexibility index (Phi) is 5.35. The van der Waals surface area contributed by atoms with Gasteiger partial charge in [-0.15, -0.1) is 11.3 Å². The summed E-state index contributed by atoms with van der Waals surface area (Å²) in [6, 6.07) is 57.0. The fraction of sp³-hybridized carbons (Fsp3) is 0.0244. The largest absolute Gasteiger partial charge is 0.457 e. The Labute approximate surface area is 255 Å². The molecule has 0 unspecified atom stereocenters. The molecule has 0 fully saturated rings. The molecule has 1 nitrogen and oxygen atoms in total. The number of rotatable bonds is 3. The van der Waals surface area contributed by atoms with Crippen LogP contribution >= 0.6 is 11.3 Å². The Morgan fingerprint density at radius 1 is 0.372 bits per heavy atom. The van der Waals surface area contributed by atoms with Gasteiger partial charge in [0.25, 0.3) is 0 Å². The van der Waals surface area contributed by atoms with Crippen molar-refractivity contribution in [3.8, 4) is 54.6 Å². The average molecular weight is 567 g/mol. The molecule has 0 saturated heterocycles. The number of hydrogen-bond donors (Lipinski definition) is 0. The first-order valence-electron chi connectivity index (χ1n) is 14.7. The van der Waals surface area contributed by atoms with E-state index in [0.29, 0.717) is 0 Å². The smallest absolute Gasteiger partial charge is 0.132 e. The van der Waals surface area contributed by atoms with E-state index in [9.17, 15) is 0 Å². The van der Waals surface area contributed by atoms with Crippen molar-refractivity contribution < 1.29 is 4.74 Å². The minimum Gasteiger partial charge on any atom is -0.457 e. The molecule has 0 N–H and O–H groups in total. The molecule has 0 bridgehead atoms. The summed E-state index contributed by atoms with van der Waals surface area (Å²) in [6.45, 7) is 0. The molecule has 1 aliphatic heterocycles. The molecule has 2 heterocycles. The van der Waals surface area contributed by atoms with Crippen molar-refractivity contribution in [2.24, 2.45) is 0 Å². The zero-order valence-corrected chi connectivity index (χ0v) is 24.1. The van der Waals surface area contributed by atoms with Gasteiger partial charge in [0.15, 0.2) is 0 Å². The number of para-hydroxylation sites is 1. The van der Waals surface area contributed by atoms with Gasteiger partial charge in [0.1, 0.15) is 11.5 Å². The summed E-state index contributed by atoms with van der Waals surface area (Å²) < 4.78 is 6.71. The van der Waals surface area contributed by atoms with Crippen molar-refractivity contribution in [3.05, 3.63) is 180 Å². The summed E-state index contributed by atoms with van der Waals surface area (Å²) in [6.07, 6.45) is 0. The van der Waals surface area contributed by atoms with Crippen LogP contribution in [0.3, 0.4) is 0 Å². The van der Waals surface area contributed by atoms with E-state index in [-0.39, 0.29) is 0 Å². The molecule has 9 rings (SSSR count). The molecule has 0 saturated carbocycles. The van der Waals surface area contributed by atoms with E-state index >= 15 is 0 Å². The summed E-state index contributed by atoms with van der Waals surface area (Å²) in [5.74, 6) is 1.84. The Morgan fingerprint density at radius 3 is 1.60 bits per heavy atom. The van der Waals surface area contributed by atoms with Crippen LogP contribution in [0.2, 0.25) is 0 Å². The van der Waals surface area contributed by atoms with E-state index in [0.717, 1.165) is 11.5 Å². The molecule has 0 atom stereocenters. The molecule has 202 valence electrons. The van der Waals surface area contributed by atoms with Crippen LogP contribution in [0.1, 0.15) is 22.3 Å². The predicted octanol–water partition coefficient (Wildman–Crippen LogP) is 11.2. The zero-order valence-electron chi connectivity index (χ0n) is 23.3. The van der Waals surface area contributed by atoms with Crippen LogP contribution in [0.5, 0.6) is 11.5 Å². The SMILES string of the molecule is c1ccc(-c2ccc(-c3ccc(-c4ccc5c(c4)Oc4ccccc4C54c5ccccc5-c5ccccc54)s3)cc2)cc1. The first-order valence-corrected chi connectivity index (χ1v) is 15.5. The fourth-order valence-corrected chi connectivity index (χ4v) is 8.13. The lowest BCUT2D eigenvalue weighted by Crippen LogP contribution is -2.32. The van der Waals surface area contributed by atoms with Crippen LogP contribution in [0.15, 0.2) is 158 Å². The lowest BCUT2D eigenvalue weighted by atomic mass is 9.66. The van der Waals surface area contributed by atoms with E-state index in [2.05, 4.69) is 158 Å². The standard InChI is InChI=1S/C41H26OS/c1-2-10-27(11-3-1)28-18-20-29(21-19-28)39-24-25-40(43-39)30-22-23-36-38(26-30)42-37-17-9-8-16-35(37)41(36)33-14-6-4-12-31(33)32-13-5-7-15-34(32)41/h1-26H. The second-order valence-electron chi connectivity index (χ2n) is 11.3. The number of hydrogen-bond acceptors (Lipinski definition) is 2. The minimum absolute atomic E-state index is 0.420. The first-order chi connectivity index (χ1) is 21.3. The molecule has 2 aliphatic rings. The topological polar surface area (TPSA) is 9.23 Å². The van der Waals surface area contributed by atoms with Crippen molar-refractivity contribution in [2.45, 2.75) is 5.41 Å². The maximum absolute atomic E-state index is 6.71. The third-order valence-electron chi connectivity index (χ3n) is 9.02. The predicted molar refractivity (Wildman–Crippen MR) is 178 cm³/mol. The van der Waals surface area contributed by atoms with Gasteiger partial charge in [-0.3, -0.25) is 0 Å². The van der Waals surface area contributed by atoms with E-state index in [1.807, 2.05) is 11.3 Å². The van der Waals surface area contributed by atoms with Crippen LogP contribution in [0, 0.1) is 0 Å². The van der Waals surface area contributed by atoms with Crippen LogP contribution in [-0.4, -0.2) is 0 Å². The Bertz CT molecular complexity index is 2110. The van der Waals surface area contributed by atoms with Gasteiger partial charge in [-0.2, -0.15) is 0 Å². The molecule has 6 aromatic carbocycles. The maximum Gasteiger partial charge on any atom is 0.132 e. The van der Waals surface area contributed by atoms with Gasteiger partial charge in [0.05, 0.1) is 5.41 Å². The fourth-order valence-electron chi connectivity index (χ4n) is 7.12. The second kappa shape index (κ2) is 9.42. The highest BCUT2D eigenvalue weighted by atomic mass is 32.1. The summed E-state index contributed by atoms with van der Waals surface area (Å²) in [4.78, 5) is 2.49. The van der Waals surface area contributed by atoms with Crippen LogP contribution < -0.4 is 4.74 Å². The van der Waals surface area contributed by atoms with Gasteiger partial charge < -0.3 is 4.74 Å². The van der Waals surface area contributed by atoms with Crippen molar-refractivity contribution in [3.63, 3.8) is 0 Å². The Hall–Kier alpha value is -5.18. The first kappa shape index (κ1) is 24.4. The summed E-state index contributed by atoms with van der Waals surface area (Å²) in [5, 5.41) is 0. The summed E-state index contributed by atoms with van der Waals surface area (Å²) >= 11 is 1.82. The Balaban J connectivity index is 1.15. The van der Waals surface area contributed by atoms with Crippen molar-refractivity contribution in [1.29, 1.82) is 0 Å². The molecule has 0 amide bonds. The van der Waals surface area contributed by atoms with Gasteiger partial charge >= 0.3 is 0 Å². The normalized spacial score (nSPS) is 13.5. The minimum atomic E-state index is -0.420. The van der Waals surface area contributed by atoms with Gasteiger partial charge in [-0.05, 0) is 68.8 Å². The van der Waals surface area contributed by atoms with Crippen molar-refractivity contribution in [1.82, 2.24) is 0 Å². The van der Waals surface area contributed by atoms with Crippen LogP contribution in [-0.2, 0) is 5.41 Å². The third kappa shape index (κ3) is 3.57. The van der Waals surface area contributed by atoms with Gasteiger partial charge in [0, 0.05) is 20.9 Å². The molecular weight excluding hydrogens is 541 g/mol. The highest BCUT2D eigenvalue weighted by Gasteiger charge is 2.50. The Morgan fingerprint density at radius 2 is 0.884 bits per heavy atom. The second-order valence-corrected chi connectivity index (χ2v) is 12.3. The average Bonchev–Trinajstić information content (AvgIpc) is 3.68. The quantitative estimate of drug-likeness (QED) is 0.207. The van der Waals surface area contributed by atoms with Crippen molar-refractivity contribution >= 4 is 11.3 Å². The zero-order chi connectivity index (χ0) is 28.4. The molecule has 1 aromatic heterocycles. The van der Waals surface area contributed by atoms with E-state index in [4.69, 9.17) is 4.74 Å². The van der Waals surface area contributed by atoms with Gasteiger partial charge in [-0.25, -0.2) is 0 Å². The van der Waals surface area contributed by atoms with E-state index in [1.165, 1.54) is 65.4 Å². The molecular formula is C41H26OS. The highest BCUT2D eigenvalue weighted by Crippen LogP contribution is 2.62. The maximum atomic E-state index is 6.71. The number of ether oxygens (including phenoxy) is 1. The lowest BCUT2D eigenvalue weighted by molar-refractivity contribution is 0.436. The highest BCUT2D eigenvalue weighted by molar-refractivity contribution is 7.18. The van der Waals surface area contributed by atoms with Gasteiger partial charge in [-0.1, -0.05) is 133 Å². The summed E-state index contributed by atoms with van der Waals surface area (Å²) in [5.41, 5.74) is 12.1. The molecule has 43 heavy (non-hydrogen) atoms. The van der Waals surface area contributed by atoms with Crippen molar-refractivity contribution in [2.75, 3.05) is 0 Å². The van der Waals surface area contributed by atoms with Gasteiger partial charge in [0.2, 0.25) is 0 Å². The van der Waals surface area contributed by atoms with E-state index in [1.54, 1.807) is 0 Å². The number of thiophene rings is 1. The molecule has 1 spiro atoms. The number of fused-ring (bicyclic) bond motifs is 9. The molecule has 7 aromatic rings. The third-order valence-corrected chi connectivity index (χ3v) is 10.2. The summed E-state index contributed by atoms with van der Waals surface area (Å²) in [7, 11) is 0. The number of benzene rings is 6. The van der Waals surface area contributed by atoms with Crippen LogP contribution in [0.4, 0.5) is 0 Å². The lowest BCUT2D eigenvalue weighted by Gasteiger charge is -2.39.